The summed E-state index contributed by atoms with van der Waals surface area (Å²) in [5.41, 5.74) is 5.44. The second kappa shape index (κ2) is 22.4. The molecule has 0 spiro atoms. The number of hydrogen-bond donors (Lipinski definition) is 1. The van der Waals surface area contributed by atoms with Crippen molar-refractivity contribution in [3.8, 4) is 6.01 Å². The predicted molar refractivity (Wildman–Crippen MR) is 172 cm³/mol. The van der Waals surface area contributed by atoms with Gasteiger partial charge in [0, 0.05) is 45.9 Å². The minimum absolute atomic E-state index is 0.0232. The molecule has 2 N–H and O–H groups in total. The molecule has 1 aliphatic rings. The number of hydrogen-bond acceptors (Lipinski definition) is 9. The van der Waals surface area contributed by atoms with Crippen LogP contribution in [0.15, 0.2) is 0 Å². The highest BCUT2D eigenvalue weighted by molar-refractivity contribution is 5.78. The van der Waals surface area contributed by atoms with Crippen molar-refractivity contribution >= 4 is 17.8 Å². The van der Waals surface area contributed by atoms with E-state index in [1.54, 1.807) is 11.9 Å². The largest absolute Gasteiger partial charge is 0.461 e. The van der Waals surface area contributed by atoms with Crippen LogP contribution in [0.1, 0.15) is 117 Å². The molecule has 1 amide bonds. The fourth-order valence-electron chi connectivity index (χ4n) is 5.53. The molecule has 1 aromatic rings. The van der Waals surface area contributed by atoms with Gasteiger partial charge in [0.1, 0.15) is 6.61 Å². The van der Waals surface area contributed by atoms with Crippen LogP contribution in [-0.4, -0.2) is 91.4 Å². The topological polar surface area (TPSA) is 110 Å². The highest BCUT2D eigenvalue weighted by Crippen LogP contribution is 2.23. The minimum Gasteiger partial charge on any atom is -0.461 e. The van der Waals surface area contributed by atoms with Crippen molar-refractivity contribution in [1.29, 1.82) is 0 Å². The Morgan fingerprint density at radius 1 is 0.786 bits per heavy atom. The van der Waals surface area contributed by atoms with Gasteiger partial charge in [-0.3, -0.25) is 9.69 Å². The first-order chi connectivity index (χ1) is 20.5. The SMILES string of the molecule is CCCCCCCC(CCCCCCC)N1CCN(c2nc(OCCOCCCCC)nc(N(C)CC(N)=O)n2)CC1. The second-order valence-corrected chi connectivity index (χ2v) is 11.8. The quantitative estimate of drug-likeness (QED) is 0.146. The molecule has 1 saturated heterocycles. The maximum atomic E-state index is 11.6. The van der Waals surface area contributed by atoms with E-state index in [2.05, 4.69) is 40.5 Å². The summed E-state index contributed by atoms with van der Waals surface area (Å²) in [6.45, 7) is 12.0. The predicted octanol–water partition coefficient (Wildman–Crippen LogP) is 5.59. The summed E-state index contributed by atoms with van der Waals surface area (Å²) < 4.78 is 11.6. The fourth-order valence-corrected chi connectivity index (χ4v) is 5.53. The number of amides is 1. The fraction of sp³-hybridized carbons (Fsp3) is 0.875. The summed E-state index contributed by atoms with van der Waals surface area (Å²) >= 11 is 0. The van der Waals surface area contributed by atoms with Gasteiger partial charge in [-0.2, -0.15) is 15.0 Å². The first-order valence-corrected chi connectivity index (χ1v) is 16.9. The van der Waals surface area contributed by atoms with E-state index in [-0.39, 0.29) is 12.6 Å². The number of unbranched alkanes of at least 4 members (excludes halogenated alkanes) is 10. The summed E-state index contributed by atoms with van der Waals surface area (Å²) in [7, 11) is 1.76. The van der Waals surface area contributed by atoms with E-state index in [4.69, 9.17) is 20.2 Å². The van der Waals surface area contributed by atoms with Crippen molar-refractivity contribution in [3.05, 3.63) is 0 Å². The van der Waals surface area contributed by atoms with Gasteiger partial charge >= 0.3 is 6.01 Å². The summed E-state index contributed by atoms with van der Waals surface area (Å²) in [6, 6.07) is 0.908. The Bertz CT molecular complexity index is 822. The molecule has 0 aromatic carbocycles. The zero-order chi connectivity index (χ0) is 30.4. The third-order valence-corrected chi connectivity index (χ3v) is 8.07. The van der Waals surface area contributed by atoms with E-state index in [0.29, 0.717) is 31.2 Å². The van der Waals surface area contributed by atoms with E-state index in [0.717, 1.165) is 39.2 Å². The van der Waals surface area contributed by atoms with Crippen LogP contribution >= 0.6 is 0 Å². The summed E-state index contributed by atoms with van der Waals surface area (Å²) in [5.74, 6) is 0.536. The van der Waals surface area contributed by atoms with Gasteiger partial charge in [-0.05, 0) is 19.3 Å². The van der Waals surface area contributed by atoms with E-state index in [9.17, 15) is 4.79 Å². The van der Waals surface area contributed by atoms with Crippen LogP contribution in [0, 0.1) is 0 Å². The number of carbonyl (C=O) groups is 1. The van der Waals surface area contributed by atoms with Gasteiger partial charge < -0.3 is 25.0 Å². The number of likely N-dealkylation sites (N-methyl/N-ethyl adjacent to an activating group) is 1. The van der Waals surface area contributed by atoms with Crippen molar-refractivity contribution in [1.82, 2.24) is 19.9 Å². The number of nitrogens with two attached hydrogens (primary N) is 1. The average Bonchev–Trinajstić information content (AvgIpc) is 2.99. The Balaban J connectivity index is 2.00. The average molecular weight is 592 g/mol. The molecule has 0 bridgehead atoms. The Labute approximate surface area is 256 Å². The van der Waals surface area contributed by atoms with E-state index < -0.39 is 5.91 Å². The van der Waals surface area contributed by atoms with Gasteiger partial charge in [0.05, 0.1) is 13.2 Å². The summed E-state index contributed by atoms with van der Waals surface area (Å²) in [5, 5.41) is 0. The third kappa shape index (κ3) is 14.8. The molecule has 1 aliphatic heterocycles. The van der Waals surface area contributed by atoms with Crippen LogP contribution in [-0.2, 0) is 9.53 Å². The summed E-state index contributed by atoms with van der Waals surface area (Å²) in [4.78, 5) is 32.0. The van der Waals surface area contributed by atoms with Crippen LogP contribution in [0.3, 0.4) is 0 Å². The molecule has 2 heterocycles. The first kappa shape index (κ1) is 36.0. The lowest BCUT2D eigenvalue weighted by Gasteiger charge is -2.39. The van der Waals surface area contributed by atoms with Crippen LogP contribution in [0.5, 0.6) is 6.01 Å². The molecule has 42 heavy (non-hydrogen) atoms. The lowest BCUT2D eigenvalue weighted by atomic mass is 9.98. The Hall–Kier alpha value is -2.20. The van der Waals surface area contributed by atoms with Gasteiger partial charge in [-0.1, -0.05) is 97.8 Å². The first-order valence-electron chi connectivity index (χ1n) is 16.9. The zero-order valence-corrected chi connectivity index (χ0v) is 27.3. The number of ether oxygens (including phenoxy) is 2. The molecule has 1 aromatic heterocycles. The third-order valence-electron chi connectivity index (χ3n) is 8.07. The van der Waals surface area contributed by atoms with Gasteiger partial charge in [0.15, 0.2) is 0 Å². The zero-order valence-electron chi connectivity index (χ0n) is 27.3. The monoisotopic (exact) mass is 591 g/mol. The molecule has 10 nitrogen and oxygen atoms in total. The number of aromatic nitrogens is 3. The maximum Gasteiger partial charge on any atom is 0.323 e. The Kier molecular flexibility index (Phi) is 19.2. The Morgan fingerprint density at radius 3 is 1.98 bits per heavy atom. The van der Waals surface area contributed by atoms with Gasteiger partial charge in [-0.15, -0.1) is 0 Å². The lowest BCUT2D eigenvalue weighted by Crippen LogP contribution is -2.51. The van der Waals surface area contributed by atoms with Crippen molar-refractivity contribution < 1.29 is 14.3 Å². The highest BCUT2D eigenvalue weighted by atomic mass is 16.5. The van der Waals surface area contributed by atoms with Crippen molar-refractivity contribution in [2.24, 2.45) is 5.73 Å². The van der Waals surface area contributed by atoms with E-state index in [1.807, 2.05) is 0 Å². The number of rotatable bonds is 25. The molecular formula is C32H61N7O3. The minimum atomic E-state index is -0.438. The van der Waals surface area contributed by atoms with Gasteiger partial charge in [0.2, 0.25) is 17.8 Å². The molecular weight excluding hydrogens is 530 g/mol. The van der Waals surface area contributed by atoms with Crippen LogP contribution in [0.25, 0.3) is 0 Å². The maximum absolute atomic E-state index is 11.6. The van der Waals surface area contributed by atoms with Crippen molar-refractivity contribution in [2.45, 2.75) is 123 Å². The molecule has 1 fully saturated rings. The molecule has 2 rings (SSSR count). The Morgan fingerprint density at radius 2 is 1.38 bits per heavy atom. The summed E-state index contributed by atoms with van der Waals surface area (Å²) in [6.07, 6.45) is 19.3. The number of carbonyl (C=O) groups excluding carboxylic acids is 1. The number of piperazine rings is 1. The smallest absolute Gasteiger partial charge is 0.323 e. The number of anilines is 2. The molecule has 0 aliphatic carbocycles. The molecule has 10 heteroatoms. The lowest BCUT2D eigenvalue weighted by molar-refractivity contribution is -0.116. The van der Waals surface area contributed by atoms with Crippen LogP contribution < -0.4 is 20.3 Å². The molecule has 0 radical (unpaired) electrons. The van der Waals surface area contributed by atoms with Crippen molar-refractivity contribution in [2.75, 3.05) is 69.4 Å². The standard InChI is InChI=1S/C32H61N7O3/c1-5-8-11-13-15-18-28(19-16-14-12-9-6-2)38-20-22-39(23-21-38)31-34-30(37(4)27-29(33)40)35-32(36-31)42-26-25-41-24-17-10-7-3/h28H,5-27H2,1-4H3,(H2,33,40). The van der Waals surface area contributed by atoms with E-state index >= 15 is 0 Å². The normalized spacial score (nSPS) is 14.1. The highest BCUT2D eigenvalue weighted by Gasteiger charge is 2.26. The molecule has 0 unspecified atom stereocenters. The van der Waals surface area contributed by atoms with Crippen LogP contribution in [0.4, 0.5) is 11.9 Å². The van der Waals surface area contributed by atoms with Crippen LogP contribution in [0.2, 0.25) is 0 Å². The van der Waals surface area contributed by atoms with Gasteiger partial charge in [0.25, 0.3) is 0 Å². The molecule has 0 atom stereocenters. The van der Waals surface area contributed by atoms with Gasteiger partial charge in [-0.25, -0.2) is 0 Å². The van der Waals surface area contributed by atoms with E-state index in [1.165, 1.54) is 89.9 Å². The molecule has 242 valence electrons. The second-order valence-electron chi connectivity index (χ2n) is 11.8. The number of nitrogens with zero attached hydrogens (tertiary/aromatic N) is 6. The number of primary amides is 1. The van der Waals surface area contributed by atoms with Crippen molar-refractivity contribution in [3.63, 3.8) is 0 Å². The molecule has 0 saturated carbocycles.